The van der Waals surface area contributed by atoms with Gasteiger partial charge in [-0.05, 0) is 63.8 Å². The summed E-state index contributed by atoms with van der Waals surface area (Å²) in [4.78, 5) is 15.0. The van der Waals surface area contributed by atoms with Crippen LogP contribution in [0.2, 0.25) is 0 Å². The highest BCUT2D eigenvalue weighted by molar-refractivity contribution is 5.85. The van der Waals surface area contributed by atoms with Gasteiger partial charge in [-0.3, -0.25) is 9.69 Å². The molecular formula is C18H35Cl2N3O. The van der Waals surface area contributed by atoms with Crippen LogP contribution in [-0.4, -0.2) is 42.5 Å². The van der Waals surface area contributed by atoms with Gasteiger partial charge in [0.25, 0.3) is 0 Å². The van der Waals surface area contributed by atoms with E-state index >= 15 is 0 Å². The van der Waals surface area contributed by atoms with Gasteiger partial charge in [0.15, 0.2) is 0 Å². The second kappa shape index (κ2) is 10.2. The molecule has 24 heavy (non-hydrogen) atoms. The fourth-order valence-corrected chi connectivity index (χ4v) is 4.96. The minimum absolute atomic E-state index is 0. The van der Waals surface area contributed by atoms with Crippen molar-refractivity contribution in [2.45, 2.75) is 70.4 Å². The van der Waals surface area contributed by atoms with E-state index in [1.165, 1.54) is 45.1 Å². The molecule has 3 rings (SSSR count). The Kier molecular flexibility index (Phi) is 9.35. The molecule has 1 heterocycles. The maximum atomic E-state index is 12.5. The normalized spacial score (nSPS) is 36.2. The monoisotopic (exact) mass is 379 g/mol. The lowest BCUT2D eigenvalue weighted by molar-refractivity contribution is -0.128. The number of carbonyl (C=O) groups excluding carboxylic acids is 1. The van der Waals surface area contributed by atoms with Crippen molar-refractivity contribution in [2.75, 3.05) is 19.6 Å². The van der Waals surface area contributed by atoms with Crippen molar-refractivity contribution in [3.05, 3.63) is 0 Å². The number of hydrogen-bond acceptors (Lipinski definition) is 3. The number of carbonyl (C=O) groups is 1. The summed E-state index contributed by atoms with van der Waals surface area (Å²) in [6.07, 6.45) is 9.77. The summed E-state index contributed by atoms with van der Waals surface area (Å²) in [6, 6.07) is 1.03. The van der Waals surface area contributed by atoms with Crippen LogP contribution < -0.4 is 11.1 Å². The van der Waals surface area contributed by atoms with Crippen LogP contribution in [0.3, 0.4) is 0 Å². The molecule has 3 N–H and O–H groups in total. The molecule has 0 radical (unpaired) electrons. The van der Waals surface area contributed by atoms with E-state index in [0.717, 1.165) is 25.9 Å². The Hall–Kier alpha value is -0.0300. The fraction of sp³-hybridized carbons (Fsp3) is 0.944. The van der Waals surface area contributed by atoms with Crippen molar-refractivity contribution in [1.29, 1.82) is 0 Å². The van der Waals surface area contributed by atoms with Crippen LogP contribution in [-0.2, 0) is 4.79 Å². The summed E-state index contributed by atoms with van der Waals surface area (Å²) in [6.45, 7) is 5.32. The van der Waals surface area contributed by atoms with E-state index < -0.39 is 0 Å². The zero-order valence-corrected chi connectivity index (χ0v) is 16.5. The summed E-state index contributed by atoms with van der Waals surface area (Å²) in [5.74, 6) is 1.68. The Labute approximate surface area is 159 Å². The van der Waals surface area contributed by atoms with E-state index in [-0.39, 0.29) is 36.6 Å². The van der Waals surface area contributed by atoms with Gasteiger partial charge in [-0.15, -0.1) is 24.8 Å². The number of fused-ring (bicyclic) bond motifs is 2. The Morgan fingerprint density at radius 1 is 1.08 bits per heavy atom. The smallest absolute Gasteiger partial charge is 0.223 e. The zero-order chi connectivity index (χ0) is 15.5. The first-order chi connectivity index (χ1) is 10.6. The third-order valence-corrected chi connectivity index (χ3v) is 6.42. The molecule has 4 nitrogen and oxygen atoms in total. The summed E-state index contributed by atoms with van der Waals surface area (Å²) in [7, 11) is 0. The van der Waals surface area contributed by atoms with Crippen molar-refractivity contribution < 1.29 is 4.79 Å². The number of nitrogens with zero attached hydrogens (tertiary/aromatic N) is 1. The van der Waals surface area contributed by atoms with E-state index in [2.05, 4.69) is 17.1 Å². The van der Waals surface area contributed by atoms with E-state index in [1.807, 2.05) is 0 Å². The van der Waals surface area contributed by atoms with Crippen molar-refractivity contribution in [3.63, 3.8) is 0 Å². The van der Waals surface area contributed by atoms with Crippen molar-refractivity contribution in [3.8, 4) is 0 Å². The predicted molar refractivity (Wildman–Crippen MR) is 104 cm³/mol. The molecule has 6 heteroatoms. The molecule has 142 valence electrons. The first-order valence-corrected chi connectivity index (χ1v) is 9.42. The van der Waals surface area contributed by atoms with Crippen LogP contribution in [0.25, 0.3) is 0 Å². The van der Waals surface area contributed by atoms with Gasteiger partial charge in [-0.2, -0.15) is 0 Å². The van der Waals surface area contributed by atoms with Crippen LogP contribution in [0, 0.1) is 17.8 Å². The molecule has 3 atom stereocenters. The number of rotatable bonds is 4. The number of nitrogens with two attached hydrogens (primary N) is 1. The van der Waals surface area contributed by atoms with Crippen molar-refractivity contribution in [2.24, 2.45) is 23.5 Å². The third kappa shape index (κ3) is 5.23. The minimum atomic E-state index is 0. The third-order valence-electron chi connectivity index (χ3n) is 6.42. The molecule has 0 spiro atoms. The number of hydrogen-bond donors (Lipinski definition) is 2. The molecule has 1 aliphatic heterocycles. The Bertz CT molecular complexity index is 382. The molecule has 2 bridgehead atoms. The number of amides is 1. The Morgan fingerprint density at radius 3 is 2.38 bits per heavy atom. The van der Waals surface area contributed by atoms with E-state index in [0.29, 0.717) is 23.9 Å². The van der Waals surface area contributed by atoms with Gasteiger partial charge in [0.1, 0.15) is 0 Å². The largest absolute Gasteiger partial charge is 0.355 e. The topological polar surface area (TPSA) is 58.4 Å². The highest BCUT2D eigenvalue weighted by Gasteiger charge is 2.40. The van der Waals surface area contributed by atoms with Crippen LogP contribution in [0.4, 0.5) is 0 Å². The highest BCUT2D eigenvalue weighted by Crippen LogP contribution is 2.41. The highest BCUT2D eigenvalue weighted by atomic mass is 35.5. The van der Waals surface area contributed by atoms with Gasteiger partial charge >= 0.3 is 0 Å². The second-order valence-electron chi connectivity index (χ2n) is 7.87. The molecule has 0 aromatic carbocycles. The van der Waals surface area contributed by atoms with Gasteiger partial charge in [-0.25, -0.2) is 0 Å². The lowest BCUT2D eigenvalue weighted by Gasteiger charge is -2.43. The average Bonchev–Trinajstić information content (AvgIpc) is 2.49. The minimum Gasteiger partial charge on any atom is -0.355 e. The van der Waals surface area contributed by atoms with Crippen molar-refractivity contribution in [1.82, 2.24) is 10.2 Å². The van der Waals surface area contributed by atoms with Gasteiger partial charge < -0.3 is 11.1 Å². The molecule has 2 saturated carbocycles. The summed E-state index contributed by atoms with van der Waals surface area (Å²) in [5.41, 5.74) is 6.32. The standard InChI is InChI=1S/C18H33N3O.2ClH/c1-13-5-2-3-9-21(13)10-8-20-18(22)16-11-14-6-4-7-15(12-16)17(14)19;;/h13-17H,2-12,19H2,1H3,(H,20,22);2*1H. The van der Waals surface area contributed by atoms with Gasteiger partial charge in [0, 0.05) is 31.1 Å². The lowest BCUT2D eigenvalue weighted by atomic mass is 9.65. The quantitative estimate of drug-likeness (QED) is 0.788. The summed E-state index contributed by atoms with van der Waals surface area (Å²) >= 11 is 0. The molecule has 2 aliphatic carbocycles. The lowest BCUT2D eigenvalue weighted by Crippen LogP contribution is -2.50. The van der Waals surface area contributed by atoms with E-state index in [1.54, 1.807) is 0 Å². The van der Waals surface area contributed by atoms with Crippen molar-refractivity contribution >= 4 is 30.7 Å². The first kappa shape index (κ1) is 22.0. The first-order valence-electron chi connectivity index (χ1n) is 9.42. The molecule has 1 amide bonds. The fourth-order valence-electron chi connectivity index (χ4n) is 4.96. The number of likely N-dealkylation sites (tertiary alicyclic amines) is 1. The SMILES string of the molecule is CC1CCCCN1CCNC(=O)C1CC2CCCC(C1)C2N.Cl.Cl. The van der Waals surface area contributed by atoms with Gasteiger partial charge in [0.05, 0.1) is 0 Å². The number of piperidine rings is 1. The molecule has 0 aromatic heterocycles. The molecular weight excluding hydrogens is 345 g/mol. The van der Waals surface area contributed by atoms with Gasteiger partial charge in [0.2, 0.25) is 5.91 Å². The molecule has 3 aliphatic rings. The van der Waals surface area contributed by atoms with Crippen LogP contribution in [0.15, 0.2) is 0 Å². The van der Waals surface area contributed by atoms with Gasteiger partial charge in [-0.1, -0.05) is 12.8 Å². The molecule has 3 unspecified atom stereocenters. The summed E-state index contributed by atoms with van der Waals surface area (Å²) < 4.78 is 0. The van der Waals surface area contributed by atoms with E-state index in [9.17, 15) is 4.79 Å². The predicted octanol–water partition coefficient (Wildman–Crippen LogP) is 2.97. The molecule has 1 saturated heterocycles. The average molecular weight is 380 g/mol. The number of nitrogens with one attached hydrogen (secondary N) is 1. The second-order valence-corrected chi connectivity index (χ2v) is 7.87. The zero-order valence-electron chi connectivity index (χ0n) is 14.9. The number of halogens is 2. The van der Waals surface area contributed by atoms with E-state index in [4.69, 9.17) is 5.73 Å². The van der Waals surface area contributed by atoms with Crippen LogP contribution in [0.5, 0.6) is 0 Å². The Balaban J connectivity index is 0.00000144. The van der Waals surface area contributed by atoms with Crippen LogP contribution >= 0.6 is 24.8 Å². The van der Waals surface area contributed by atoms with Crippen LogP contribution in [0.1, 0.15) is 58.3 Å². The Morgan fingerprint density at radius 2 is 1.75 bits per heavy atom. The maximum Gasteiger partial charge on any atom is 0.223 e. The maximum absolute atomic E-state index is 12.5. The summed E-state index contributed by atoms with van der Waals surface area (Å²) in [5, 5.41) is 3.20. The molecule has 3 fully saturated rings. The molecule has 0 aromatic rings.